The van der Waals surface area contributed by atoms with E-state index in [4.69, 9.17) is 0 Å². The Morgan fingerprint density at radius 2 is 1.76 bits per heavy atom. The van der Waals surface area contributed by atoms with Crippen LogP contribution in [0.25, 0.3) is 11.3 Å². The van der Waals surface area contributed by atoms with Gasteiger partial charge >= 0.3 is 0 Å². The third-order valence-corrected chi connectivity index (χ3v) is 6.17. The summed E-state index contributed by atoms with van der Waals surface area (Å²) in [4.78, 5) is 0. The van der Waals surface area contributed by atoms with E-state index in [9.17, 15) is 0 Å². The van der Waals surface area contributed by atoms with Gasteiger partial charge in [-0.25, -0.2) is 4.57 Å². The lowest BCUT2D eigenvalue weighted by molar-refractivity contribution is -0.659. The first kappa shape index (κ1) is 16.0. The van der Waals surface area contributed by atoms with Crippen LogP contribution < -0.4 is 9.75 Å². The molecule has 2 aromatic rings. The van der Waals surface area contributed by atoms with E-state index >= 15 is 0 Å². The molecule has 0 saturated carbocycles. The van der Waals surface area contributed by atoms with Crippen LogP contribution in [-0.2, 0) is 13.5 Å². The van der Waals surface area contributed by atoms with Crippen molar-refractivity contribution in [1.82, 2.24) is 0 Å². The molecule has 0 N–H and O–H groups in total. The van der Waals surface area contributed by atoms with Crippen molar-refractivity contribution in [1.29, 1.82) is 0 Å². The molecule has 21 heavy (non-hydrogen) atoms. The monoisotopic (exact) mass is 298 g/mol. The van der Waals surface area contributed by atoms with Gasteiger partial charge in [-0.15, -0.1) is 0 Å². The third-order valence-electron chi connectivity index (χ3n) is 4.11. The first-order valence-corrected chi connectivity index (χ1v) is 11.4. The van der Waals surface area contributed by atoms with Gasteiger partial charge in [-0.1, -0.05) is 51.2 Å². The number of nitrogens with zero attached hydrogens (tertiary/aromatic N) is 1. The normalized spacial score (nSPS) is 11.7. The molecule has 2 heteroatoms. The third kappa shape index (κ3) is 3.43. The molecule has 1 aromatic heterocycles. The van der Waals surface area contributed by atoms with Gasteiger partial charge in [-0.3, -0.25) is 0 Å². The highest BCUT2D eigenvalue weighted by Crippen LogP contribution is 2.21. The zero-order valence-corrected chi connectivity index (χ0v) is 15.3. The Bertz CT molecular complexity index is 638. The van der Waals surface area contributed by atoms with Gasteiger partial charge in [0.1, 0.15) is 7.05 Å². The second-order valence-electron chi connectivity index (χ2n) is 7.02. The molecule has 0 fully saturated rings. The molecule has 0 amide bonds. The molecule has 1 aromatic carbocycles. The quantitative estimate of drug-likeness (QED) is 0.594. The van der Waals surface area contributed by atoms with E-state index in [0.29, 0.717) is 0 Å². The molecule has 0 bridgehead atoms. The molecule has 0 atom stereocenters. The Balaban J connectivity index is 2.65. The van der Waals surface area contributed by atoms with Crippen LogP contribution in [0.1, 0.15) is 24.5 Å². The predicted molar refractivity (Wildman–Crippen MR) is 94.8 cm³/mol. The number of rotatable bonds is 4. The smallest absolute Gasteiger partial charge is 0.201 e. The minimum Gasteiger partial charge on any atom is -0.201 e. The van der Waals surface area contributed by atoms with Crippen molar-refractivity contribution in [2.75, 3.05) is 0 Å². The number of aromatic nitrogens is 1. The van der Waals surface area contributed by atoms with Crippen LogP contribution in [0.15, 0.2) is 36.5 Å². The van der Waals surface area contributed by atoms with Crippen molar-refractivity contribution in [2.45, 2.75) is 46.3 Å². The second-order valence-corrected chi connectivity index (χ2v) is 12.1. The van der Waals surface area contributed by atoms with Crippen molar-refractivity contribution in [3.05, 3.63) is 47.7 Å². The van der Waals surface area contributed by atoms with Crippen LogP contribution in [0.2, 0.25) is 19.6 Å². The number of hydrogen-bond acceptors (Lipinski definition) is 0. The summed E-state index contributed by atoms with van der Waals surface area (Å²) in [7, 11) is 0.877. The fraction of sp³-hybridized carbons (Fsp3) is 0.421. The number of aryl methyl sites for hydroxylation is 3. The van der Waals surface area contributed by atoms with Crippen molar-refractivity contribution >= 4 is 13.3 Å². The molecular weight excluding hydrogens is 270 g/mol. The Morgan fingerprint density at radius 3 is 2.33 bits per heavy atom. The SMILES string of the molecule is CCCc1cc(-c2ccccc2C)[n+](C)cc1[Si](C)(C)C. The molecule has 0 aliphatic carbocycles. The van der Waals surface area contributed by atoms with Gasteiger partial charge in [-0.2, -0.15) is 0 Å². The van der Waals surface area contributed by atoms with Crippen LogP contribution in [0.5, 0.6) is 0 Å². The summed E-state index contributed by atoms with van der Waals surface area (Å²) in [5, 5.41) is 1.60. The highest BCUT2D eigenvalue weighted by molar-refractivity contribution is 6.88. The fourth-order valence-electron chi connectivity index (χ4n) is 2.97. The first-order valence-electron chi connectivity index (χ1n) is 7.93. The van der Waals surface area contributed by atoms with Crippen molar-refractivity contribution in [3.8, 4) is 11.3 Å². The minimum atomic E-state index is -1.30. The Hall–Kier alpha value is -1.41. The summed E-state index contributed by atoms with van der Waals surface area (Å²) >= 11 is 0. The van der Waals surface area contributed by atoms with E-state index in [-0.39, 0.29) is 0 Å². The molecule has 2 rings (SSSR count). The Kier molecular flexibility index (Phi) is 4.67. The first-order chi connectivity index (χ1) is 9.84. The van der Waals surface area contributed by atoms with E-state index < -0.39 is 8.07 Å². The highest BCUT2D eigenvalue weighted by Gasteiger charge is 2.25. The summed E-state index contributed by atoms with van der Waals surface area (Å²) in [5.74, 6) is 0. The maximum Gasteiger partial charge on any atom is 0.212 e. The summed E-state index contributed by atoms with van der Waals surface area (Å²) in [5.41, 5.74) is 5.57. The number of pyridine rings is 1. The van der Waals surface area contributed by atoms with Crippen LogP contribution in [0.3, 0.4) is 0 Å². The van der Waals surface area contributed by atoms with Crippen molar-refractivity contribution < 1.29 is 4.57 Å². The summed E-state index contributed by atoms with van der Waals surface area (Å²) < 4.78 is 2.31. The average Bonchev–Trinajstić information content (AvgIpc) is 2.40. The lowest BCUT2D eigenvalue weighted by atomic mass is 10.0. The van der Waals surface area contributed by atoms with Crippen LogP contribution >= 0.6 is 0 Å². The zero-order valence-electron chi connectivity index (χ0n) is 14.3. The van der Waals surface area contributed by atoms with Gasteiger partial charge in [0.2, 0.25) is 5.69 Å². The van der Waals surface area contributed by atoms with Crippen molar-refractivity contribution in [2.24, 2.45) is 7.05 Å². The standard InChI is InChI=1S/C19H28NSi/c1-7-10-16-13-18(17-12-9-8-11-15(17)2)20(3)14-19(16)21(4,5)6/h8-9,11-14H,7,10H2,1-6H3/q+1. The number of hydrogen-bond donors (Lipinski definition) is 0. The molecule has 0 radical (unpaired) electrons. The molecular formula is C19H28NSi+. The van der Waals surface area contributed by atoms with Gasteiger partial charge in [0.05, 0.1) is 8.07 Å². The van der Waals surface area contributed by atoms with Crippen LogP contribution in [-0.4, -0.2) is 8.07 Å². The second kappa shape index (κ2) is 6.14. The lowest BCUT2D eigenvalue weighted by Gasteiger charge is -2.20. The summed E-state index contributed by atoms with van der Waals surface area (Å²) in [6, 6.07) is 11.1. The minimum absolute atomic E-state index is 1.18. The van der Waals surface area contributed by atoms with Crippen molar-refractivity contribution in [3.63, 3.8) is 0 Å². The van der Waals surface area contributed by atoms with Gasteiger partial charge in [0.15, 0.2) is 6.20 Å². The zero-order chi connectivity index (χ0) is 15.6. The largest absolute Gasteiger partial charge is 0.212 e. The molecule has 112 valence electrons. The fourth-order valence-corrected chi connectivity index (χ4v) is 4.71. The van der Waals surface area contributed by atoms with Crippen LogP contribution in [0.4, 0.5) is 0 Å². The molecule has 1 nitrogen and oxygen atoms in total. The van der Waals surface area contributed by atoms with E-state index in [2.05, 4.69) is 81.6 Å². The molecule has 1 heterocycles. The van der Waals surface area contributed by atoms with Gasteiger partial charge in [0.25, 0.3) is 0 Å². The van der Waals surface area contributed by atoms with E-state index in [0.717, 1.165) is 0 Å². The highest BCUT2D eigenvalue weighted by atomic mass is 28.3. The Labute approximate surface area is 130 Å². The summed E-state index contributed by atoms with van der Waals surface area (Å²) in [6.07, 6.45) is 4.77. The van der Waals surface area contributed by atoms with E-state index in [1.165, 1.54) is 29.7 Å². The van der Waals surface area contributed by atoms with Gasteiger partial charge in [-0.05, 0) is 30.5 Å². The topological polar surface area (TPSA) is 3.88 Å². The van der Waals surface area contributed by atoms with Gasteiger partial charge < -0.3 is 0 Å². The van der Waals surface area contributed by atoms with E-state index in [1.54, 1.807) is 10.8 Å². The van der Waals surface area contributed by atoms with Crippen LogP contribution in [0, 0.1) is 6.92 Å². The number of benzene rings is 1. The molecule has 0 spiro atoms. The predicted octanol–water partition coefficient (Wildman–Crippen LogP) is 3.98. The van der Waals surface area contributed by atoms with Gasteiger partial charge in [0, 0.05) is 16.8 Å². The average molecular weight is 299 g/mol. The Morgan fingerprint density at radius 1 is 1.10 bits per heavy atom. The summed E-state index contributed by atoms with van der Waals surface area (Å²) in [6.45, 7) is 11.8. The molecule has 0 aliphatic heterocycles. The van der Waals surface area contributed by atoms with E-state index in [1.807, 2.05) is 0 Å². The maximum absolute atomic E-state index is 2.44. The molecule has 0 aliphatic rings. The molecule has 0 saturated heterocycles. The lowest BCUT2D eigenvalue weighted by Crippen LogP contribution is -2.47. The maximum atomic E-state index is 2.44. The molecule has 0 unspecified atom stereocenters.